The van der Waals surface area contributed by atoms with Gasteiger partial charge in [-0.3, -0.25) is 0 Å². The monoisotopic (exact) mass is 246 g/mol. The van der Waals surface area contributed by atoms with Crippen LogP contribution in [0.1, 0.15) is 76.3 Å². The number of hydrogen-bond acceptors (Lipinski definition) is 0. The maximum Gasteiger partial charge on any atom is -0.0279 e. The molecule has 0 heteroatoms. The Labute approximate surface area is 114 Å². The van der Waals surface area contributed by atoms with Crippen molar-refractivity contribution >= 4 is 0 Å². The predicted octanol–water partition coefficient (Wildman–Crippen LogP) is 5.93. The lowest BCUT2D eigenvalue weighted by atomic mass is 10.0. The summed E-state index contributed by atoms with van der Waals surface area (Å²) in [6, 6.07) is 9.25. The van der Waals surface area contributed by atoms with Gasteiger partial charge in [-0.1, -0.05) is 76.6 Å². The Bertz CT molecular complexity index is 301. The summed E-state index contributed by atoms with van der Waals surface area (Å²) in [6.45, 7) is 4.55. The molecule has 0 aliphatic rings. The third kappa shape index (κ3) is 6.83. The highest BCUT2D eigenvalue weighted by molar-refractivity contribution is 5.23. The van der Waals surface area contributed by atoms with E-state index in [4.69, 9.17) is 0 Å². The first-order chi connectivity index (χ1) is 8.86. The Hall–Kier alpha value is -0.780. The molecule has 102 valence electrons. The minimum absolute atomic E-state index is 1.26. The summed E-state index contributed by atoms with van der Waals surface area (Å²) < 4.78 is 0. The molecule has 18 heavy (non-hydrogen) atoms. The molecule has 0 saturated heterocycles. The molecule has 0 amide bonds. The first-order valence-corrected chi connectivity index (χ1v) is 7.94. The van der Waals surface area contributed by atoms with E-state index in [-0.39, 0.29) is 0 Å². The van der Waals surface area contributed by atoms with E-state index in [1.54, 1.807) is 5.56 Å². The second-order valence-corrected chi connectivity index (χ2v) is 5.44. The molecule has 0 atom stereocenters. The first-order valence-electron chi connectivity index (χ1n) is 7.94. The molecular weight excluding hydrogens is 216 g/mol. The normalized spacial score (nSPS) is 10.8. The van der Waals surface area contributed by atoms with Gasteiger partial charge in [-0.15, -0.1) is 0 Å². The van der Waals surface area contributed by atoms with Crippen LogP contribution < -0.4 is 0 Å². The minimum Gasteiger partial charge on any atom is -0.0654 e. The van der Waals surface area contributed by atoms with Gasteiger partial charge >= 0.3 is 0 Å². The molecular formula is C18H30. The molecule has 0 nitrogen and oxygen atoms in total. The Morgan fingerprint density at radius 1 is 0.667 bits per heavy atom. The molecule has 0 unspecified atom stereocenters. The van der Waals surface area contributed by atoms with Crippen molar-refractivity contribution in [3.63, 3.8) is 0 Å². The van der Waals surface area contributed by atoms with Crippen molar-refractivity contribution < 1.29 is 0 Å². The van der Waals surface area contributed by atoms with E-state index in [2.05, 4.69) is 38.1 Å². The number of unbranched alkanes of at least 4 members (excludes halogenated alkanes) is 6. The average molecular weight is 246 g/mol. The van der Waals surface area contributed by atoms with Gasteiger partial charge in [-0.25, -0.2) is 0 Å². The standard InChI is InChI=1S/C18H30/c1-3-5-7-8-10-13-18-15-11-14-17(16-18)12-9-6-4-2/h11,14-16H,3-10,12-13H2,1-2H3. The third-order valence-electron chi connectivity index (χ3n) is 3.63. The number of hydrogen-bond donors (Lipinski definition) is 0. The van der Waals surface area contributed by atoms with Gasteiger partial charge in [0.05, 0.1) is 0 Å². The van der Waals surface area contributed by atoms with Crippen LogP contribution in [0.5, 0.6) is 0 Å². The van der Waals surface area contributed by atoms with Crippen molar-refractivity contribution in [2.45, 2.75) is 78.1 Å². The average Bonchev–Trinajstić information content (AvgIpc) is 2.39. The second kappa shape index (κ2) is 10.2. The molecule has 0 bridgehead atoms. The number of rotatable bonds is 10. The van der Waals surface area contributed by atoms with Gasteiger partial charge in [0.1, 0.15) is 0 Å². The smallest absolute Gasteiger partial charge is 0.0279 e. The molecule has 0 spiro atoms. The van der Waals surface area contributed by atoms with Crippen molar-refractivity contribution in [1.29, 1.82) is 0 Å². The summed E-state index contributed by atoms with van der Waals surface area (Å²) in [4.78, 5) is 0. The van der Waals surface area contributed by atoms with Crippen LogP contribution in [0.3, 0.4) is 0 Å². The largest absolute Gasteiger partial charge is 0.0654 e. The zero-order valence-corrected chi connectivity index (χ0v) is 12.4. The van der Waals surface area contributed by atoms with Crippen molar-refractivity contribution in [2.24, 2.45) is 0 Å². The molecule has 0 aromatic heterocycles. The SMILES string of the molecule is CCCCCCCc1cccc(CCCCC)c1. The van der Waals surface area contributed by atoms with Crippen molar-refractivity contribution in [3.8, 4) is 0 Å². The second-order valence-electron chi connectivity index (χ2n) is 5.44. The van der Waals surface area contributed by atoms with E-state index in [1.165, 1.54) is 69.8 Å². The highest BCUT2D eigenvalue weighted by Gasteiger charge is 1.97. The van der Waals surface area contributed by atoms with Gasteiger partial charge in [-0.2, -0.15) is 0 Å². The maximum atomic E-state index is 2.43. The fourth-order valence-electron chi connectivity index (χ4n) is 2.45. The van der Waals surface area contributed by atoms with Crippen LogP contribution in [0, 0.1) is 0 Å². The molecule has 0 fully saturated rings. The highest BCUT2D eigenvalue weighted by atomic mass is 14.0. The molecule has 0 N–H and O–H groups in total. The van der Waals surface area contributed by atoms with Crippen LogP contribution in [-0.4, -0.2) is 0 Å². The zero-order chi connectivity index (χ0) is 13.1. The molecule has 1 rings (SSSR count). The fraction of sp³-hybridized carbons (Fsp3) is 0.667. The number of aryl methyl sites for hydroxylation is 2. The fourth-order valence-corrected chi connectivity index (χ4v) is 2.45. The molecule has 0 aliphatic carbocycles. The van der Waals surface area contributed by atoms with Gasteiger partial charge in [-0.05, 0) is 36.8 Å². The first kappa shape index (κ1) is 15.3. The van der Waals surface area contributed by atoms with Gasteiger partial charge < -0.3 is 0 Å². The van der Waals surface area contributed by atoms with Gasteiger partial charge in [0.2, 0.25) is 0 Å². The molecule has 0 saturated carbocycles. The van der Waals surface area contributed by atoms with Crippen LogP contribution in [0.4, 0.5) is 0 Å². The Balaban J connectivity index is 2.26. The maximum absolute atomic E-state index is 2.43. The van der Waals surface area contributed by atoms with E-state index >= 15 is 0 Å². The minimum atomic E-state index is 1.26. The molecule has 1 aromatic carbocycles. The van der Waals surface area contributed by atoms with E-state index in [0.717, 1.165) is 0 Å². The Morgan fingerprint density at radius 2 is 1.17 bits per heavy atom. The number of benzene rings is 1. The zero-order valence-electron chi connectivity index (χ0n) is 12.4. The van der Waals surface area contributed by atoms with E-state index in [1.807, 2.05) is 0 Å². The van der Waals surface area contributed by atoms with Crippen LogP contribution in [0.2, 0.25) is 0 Å². The Kier molecular flexibility index (Phi) is 8.63. The topological polar surface area (TPSA) is 0 Å². The molecule has 0 heterocycles. The summed E-state index contributed by atoms with van der Waals surface area (Å²) in [5.74, 6) is 0. The predicted molar refractivity (Wildman–Crippen MR) is 82.1 cm³/mol. The summed E-state index contributed by atoms with van der Waals surface area (Å²) in [5, 5.41) is 0. The van der Waals surface area contributed by atoms with Crippen LogP contribution in [0.15, 0.2) is 24.3 Å². The summed E-state index contributed by atoms with van der Waals surface area (Å²) in [6.07, 6.45) is 13.5. The van der Waals surface area contributed by atoms with Crippen LogP contribution in [-0.2, 0) is 12.8 Å². The molecule has 0 radical (unpaired) electrons. The summed E-state index contributed by atoms with van der Waals surface area (Å²) >= 11 is 0. The quantitative estimate of drug-likeness (QED) is 0.449. The lowest BCUT2D eigenvalue weighted by Gasteiger charge is -2.05. The lowest BCUT2D eigenvalue weighted by Crippen LogP contribution is -1.90. The van der Waals surface area contributed by atoms with Gasteiger partial charge in [0.25, 0.3) is 0 Å². The van der Waals surface area contributed by atoms with E-state index < -0.39 is 0 Å². The lowest BCUT2D eigenvalue weighted by molar-refractivity contribution is 0.632. The van der Waals surface area contributed by atoms with E-state index in [0.29, 0.717) is 0 Å². The van der Waals surface area contributed by atoms with Gasteiger partial charge in [0, 0.05) is 0 Å². The molecule has 0 aliphatic heterocycles. The highest BCUT2D eigenvalue weighted by Crippen LogP contribution is 2.13. The van der Waals surface area contributed by atoms with E-state index in [9.17, 15) is 0 Å². The molecule has 1 aromatic rings. The van der Waals surface area contributed by atoms with Crippen LogP contribution in [0.25, 0.3) is 0 Å². The van der Waals surface area contributed by atoms with Gasteiger partial charge in [0.15, 0.2) is 0 Å². The summed E-state index contributed by atoms with van der Waals surface area (Å²) in [5.41, 5.74) is 3.08. The summed E-state index contributed by atoms with van der Waals surface area (Å²) in [7, 11) is 0. The third-order valence-corrected chi connectivity index (χ3v) is 3.63. The van der Waals surface area contributed by atoms with Crippen LogP contribution >= 0.6 is 0 Å². The van der Waals surface area contributed by atoms with Crippen molar-refractivity contribution in [2.75, 3.05) is 0 Å². The van der Waals surface area contributed by atoms with Crippen molar-refractivity contribution in [3.05, 3.63) is 35.4 Å². The Morgan fingerprint density at radius 3 is 1.78 bits per heavy atom. The van der Waals surface area contributed by atoms with Crippen molar-refractivity contribution in [1.82, 2.24) is 0 Å².